The minimum atomic E-state index is -0.525. The van der Waals surface area contributed by atoms with Crippen LogP contribution in [0.1, 0.15) is 28.9 Å². The zero-order valence-corrected chi connectivity index (χ0v) is 16.8. The molecular formula is C22H23N5O3. The van der Waals surface area contributed by atoms with Crippen molar-refractivity contribution in [3.8, 4) is 16.9 Å². The van der Waals surface area contributed by atoms with Crippen molar-refractivity contribution in [3.63, 3.8) is 0 Å². The molecule has 1 amide bonds. The van der Waals surface area contributed by atoms with Crippen LogP contribution in [0.5, 0.6) is 0 Å². The van der Waals surface area contributed by atoms with Crippen LogP contribution in [0.2, 0.25) is 0 Å². The second kappa shape index (κ2) is 7.62. The molecule has 2 saturated heterocycles. The Morgan fingerprint density at radius 3 is 2.47 bits per heavy atom. The van der Waals surface area contributed by atoms with Gasteiger partial charge in [0.25, 0.3) is 5.91 Å². The maximum Gasteiger partial charge on any atom is 0.276 e. The lowest BCUT2D eigenvalue weighted by atomic mass is 10.0. The van der Waals surface area contributed by atoms with E-state index < -0.39 is 5.79 Å². The van der Waals surface area contributed by atoms with Gasteiger partial charge in [0.15, 0.2) is 11.5 Å². The maximum absolute atomic E-state index is 13.4. The number of likely N-dealkylation sites (tertiary alicyclic amines) is 1. The van der Waals surface area contributed by atoms with E-state index in [4.69, 9.17) is 9.47 Å². The van der Waals surface area contributed by atoms with Gasteiger partial charge in [-0.05, 0) is 31.2 Å². The van der Waals surface area contributed by atoms with Crippen molar-refractivity contribution in [2.75, 3.05) is 26.3 Å². The lowest BCUT2D eigenvalue weighted by molar-refractivity contribution is -0.181. The van der Waals surface area contributed by atoms with Gasteiger partial charge in [-0.25, -0.2) is 4.68 Å². The van der Waals surface area contributed by atoms with Gasteiger partial charge in [0, 0.05) is 43.9 Å². The Kier molecular flexibility index (Phi) is 4.80. The van der Waals surface area contributed by atoms with E-state index in [0.717, 1.165) is 16.8 Å². The van der Waals surface area contributed by atoms with Crippen molar-refractivity contribution < 1.29 is 14.3 Å². The SMILES string of the molecule is Cc1ccc(-n2nnc(C(=O)N3CCC4(CC3)OCCO4)c2-c2cccnc2)cc1. The average molecular weight is 405 g/mol. The molecule has 0 N–H and O–H groups in total. The summed E-state index contributed by atoms with van der Waals surface area (Å²) < 4.78 is 13.3. The van der Waals surface area contributed by atoms with Gasteiger partial charge in [0.05, 0.1) is 18.9 Å². The molecule has 0 bridgehead atoms. The van der Waals surface area contributed by atoms with Crippen molar-refractivity contribution in [2.45, 2.75) is 25.6 Å². The molecule has 1 spiro atoms. The molecule has 2 aliphatic heterocycles. The highest BCUT2D eigenvalue weighted by molar-refractivity contribution is 5.98. The average Bonchev–Trinajstić information content (AvgIpc) is 3.43. The zero-order chi connectivity index (χ0) is 20.6. The number of piperidine rings is 1. The maximum atomic E-state index is 13.4. The molecule has 2 aliphatic rings. The van der Waals surface area contributed by atoms with E-state index in [2.05, 4.69) is 15.3 Å². The molecule has 154 valence electrons. The fourth-order valence-electron chi connectivity index (χ4n) is 4.04. The highest BCUT2D eigenvalue weighted by Crippen LogP contribution is 2.33. The fraction of sp³-hybridized carbons (Fsp3) is 0.364. The fourth-order valence-corrected chi connectivity index (χ4v) is 4.04. The van der Waals surface area contributed by atoms with Crippen molar-refractivity contribution in [2.24, 2.45) is 0 Å². The molecular weight excluding hydrogens is 382 g/mol. The molecule has 0 radical (unpaired) electrons. The third-order valence-corrected chi connectivity index (χ3v) is 5.71. The van der Waals surface area contributed by atoms with Crippen molar-refractivity contribution >= 4 is 5.91 Å². The van der Waals surface area contributed by atoms with Gasteiger partial charge in [-0.2, -0.15) is 0 Å². The first-order chi connectivity index (χ1) is 14.7. The highest BCUT2D eigenvalue weighted by Gasteiger charge is 2.41. The zero-order valence-electron chi connectivity index (χ0n) is 16.8. The summed E-state index contributed by atoms with van der Waals surface area (Å²) in [5, 5.41) is 8.61. The summed E-state index contributed by atoms with van der Waals surface area (Å²) in [6.45, 7) is 4.38. The largest absolute Gasteiger partial charge is 0.347 e. The first-order valence-electron chi connectivity index (χ1n) is 10.2. The molecule has 1 aromatic carbocycles. The first kappa shape index (κ1) is 18.9. The molecule has 0 aliphatic carbocycles. The van der Waals surface area contributed by atoms with Crippen LogP contribution < -0.4 is 0 Å². The standard InChI is InChI=1S/C22H23N5O3/c1-16-4-6-18(7-5-16)27-20(17-3-2-10-23-15-17)19(24-25-27)21(28)26-11-8-22(9-12-26)29-13-14-30-22/h2-7,10,15H,8-9,11-14H2,1H3. The smallest absolute Gasteiger partial charge is 0.276 e. The van der Waals surface area contributed by atoms with Gasteiger partial charge in [0.2, 0.25) is 0 Å². The number of pyridine rings is 1. The lowest BCUT2D eigenvalue weighted by Crippen LogP contribution is -2.47. The second-order valence-electron chi connectivity index (χ2n) is 7.68. The Labute approximate surface area is 174 Å². The van der Waals surface area contributed by atoms with E-state index in [0.29, 0.717) is 50.5 Å². The summed E-state index contributed by atoms with van der Waals surface area (Å²) in [5.41, 5.74) is 3.76. The quantitative estimate of drug-likeness (QED) is 0.666. The molecule has 8 nitrogen and oxygen atoms in total. The number of rotatable bonds is 3. The van der Waals surface area contributed by atoms with E-state index >= 15 is 0 Å². The highest BCUT2D eigenvalue weighted by atomic mass is 16.7. The molecule has 4 heterocycles. The van der Waals surface area contributed by atoms with Crippen LogP contribution in [0, 0.1) is 6.92 Å². The number of aryl methyl sites for hydroxylation is 1. The topological polar surface area (TPSA) is 82.4 Å². The molecule has 3 aromatic rings. The van der Waals surface area contributed by atoms with Gasteiger partial charge in [-0.15, -0.1) is 5.10 Å². The van der Waals surface area contributed by atoms with E-state index in [1.54, 1.807) is 22.0 Å². The molecule has 2 fully saturated rings. The predicted octanol–water partition coefficient (Wildman–Crippen LogP) is 2.62. The summed E-state index contributed by atoms with van der Waals surface area (Å²) in [4.78, 5) is 19.4. The molecule has 0 unspecified atom stereocenters. The summed E-state index contributed by atoms with van der Waals surface area (Å²) in [6.07, 6.45) is 4.75. The Balaban J connectivity index is 1.49. The summed E-state index contributed by atoms with van der Waals surface area (Å²) in [7, 11) is 0. The minimum absolute atomic E-state index is 0.139. The van der Waals surface area contributed by atoms with Crippen LogP contribution in [0.25, 0.3) is 16.9 Å². The van der Waals surface area contributed by atoms with Crippen LogP contribution in [0.15, 0.2) is 48.8 Å². The number of hydrogen-bond acceptors (Lipinski definition) is 6. The van der Waals surface area contributed by atoms with Crippen LogP contribution in [-0.4, -0.2) is 62.9 Å². The van der Waals surface area contributed by atoms with Gasteiger partial charge >= 0.3 is 0 Å². The van der Waals surface area contributed by atoms with Crippen molar-refractivity contribution in [1.82, 2.24) is 24.9 Å². The summed E-state index contributed by atoms with van der Waals surface area (Å²) in [5.74, 6) is -0.664. The van der Waals surface area contributed by atoms with Crippen molar-refractivity contribution in [3.05, 3.63) is 60.0 Å². The molecule has 2 aromatic heterocycles. The number of nitrogens with zero attached hydrogens (tertiary/aromatic N) is 5. The van der Waals surface area contributed by atoms with Crippen LogP contribution >= 0.6 is 0 Å². The Morgan fingerprint density at radius 1 is 1.07 bits per heavy atom. The third kappa shape index (κ3) is 3.38. The van der Waals surface area contributed by atoms with E-state index in [-0.39, 0.29) is 5.91 Å². The van der Waals surface area contributed by atoms with Gasteiger partial charge in [-0.3, -0.25) is 9.78 Å². The predicted molar refractivity (Wildman–Crippen MR) is 109 cm³/mol. The normalized spacial score (nSPS) is 18.1. The summed E-state index contributed by atoms with van der Waals surface area (Å²) in [6, 6.07) is 11.7. The third-order valence-electron chi connectivity index (χ3n) is 5.71. The van der Waals surface area contributed by atoms with Crippen LogP contribution in [0.4, 0.5) is 0 Å². The Bertz CT molecular complexity index is 1030. The lowest BCUT2D eigenvalue weighted by Gasteiger charge is -2.37. The van der Waals surface area contributed by atoms with Crippen LogP contribution in [0.3, 0.4) is 0 Å². The first-order valence-corrected chi connectivity index (χ1v) is 10.2. The number of carbonyl (C=O) groups excluding carboxylic acids is 1. The van der Waals surface area contributed by atoms with Crippen LogP contribution in [-0.2, 0) is 9.47 Å². The molecule has 8 heteroatoms. The number of amides is 1. The van der Waals surface area contributed by atoms with E-state index in [1.807, 2.05) is 43.3 Å². The Morgan fingerprint density at radius 2 is 1.80 bits per heavy atom. The number of benzene rings is 1. The number of aromatic nitrogens is 4. The number of ether oxygens (including phenoxy) is 2. The van der Waals surface area contributed by atoms with Crippen molar-refractivity contribution in [1.29, 1.82) is 0 Å². The number of carbonyl (C=O) groups is 1. The van der Waals surface area contributed by atoms with E-state index in [1.165, 1.54) is 0 Å². The van der Waals surface area contributed by atoms with Gasteiger partial charge in [0.1, 0.15) is 5.69 Å². The minimum Gasteiger partial charge on any atom is -0.347 e. The van der Waals surface area contributed by atoms with E-state index in [9.17, 15) is 4.79 Å². The van der Waals surface area contributed by atoms with Gasteiger partial charge < -0.3 is 14.4 Å². The molecule has 5 rings (SSSR count). The number of hydrogen-bond donors (Lipinski definition) is 0. The second-order valence-corrected chi connectivity index (χ2v) is 7.68. The molecule has 30 heavy (non-hydrogen) atoms. The molecule has 0 atom stereocenters. The summed E-state index contributed by atoms with van der Waals surface area (Å²) >= 11 is 0. The monoisotopic (exact) mass is 405 g/mol. The van der Waals surface area contributed by atoms with Gasteiger partial charge in [-0.1, -0.05) is 22.9 Å². The Hall–Kier alpha value is -3.10. The molecule has 0 saturated carbocycles.